The number of halogens is 1. The highest BCUT2D eigenvalue weighted by Gasteiger charge is 2.25. The lowest BCUT2D eigenvalue weighted by Crippen LogP contribution is -2.44. The van der Waals surface area contributed by atoms with Gasteiger partial charge in [0.2, 0.25) is 0 Å². The highest BCUT2D eigenvalue weighted by Crippen LogP contribution is 2.41. The summed E-state index contributed by atoms with van der Waals surface area (Å²) in [5, 5.41) is 6.29. The van der Waals surface area contributed by atoms with Crippen molar-refractivity contribution in [2.24, 2.45) is 7.05 Å². The van der Waals surface area contributed by atoms with E-state index in [1.165, 1.54) is 0 Å². The average Bonchev–Trinajstić information content (AvgIpc) is 3.58. The molecular formula is C33H37ClN6O3S. The summed E-state index contributed by atoms with van der Waals surface area (Å²) in [5.74, 6) is 0.458. The van der Waals surface area contributed by atoms with E-state index in [-0.39, 0.29) is 6.42 Å². The molecule has 0 unspecified atom stereocenters. The van der Waals surface area contributed by atoms with E-state index in [1.807, 2.05) is 75.8 Å². The van der Waals surface area contributed by atoms with Crippen LogP contribution in [0.4, 0.5) is 5.82 Å². The molecule has 6 rings (SSSR count). The molecule has 11 heteroatoms. The maximum absolute atomic E-state index is 13.0. The SMILES string of the molecule is CCC(C)(C)OOC(=O)Cc1c(C)cc2nc(-c3ccc4c(n3)c(N3CCN(C)CC3)nn4C)sc2c1-c1ccc(Cl)cc1. The summed E-state index contributed by atoms with van der Waals surface area (Å²) in [7, 11) is 4.11. The Morgan fingerprint density at radius 3 is 2.48 bits per heavy atom. The summed E-state index contributed by atoms with van der Waals surface area (Å²) in [5.41, 5.74) is 6.63. The van der Waals surface area contributed by atoms with Gasteiger partial charge in [-0.1, -0.05) is 30.7 Å². The van der Waals surface area contributed by atoms with Crippen LogP contribution in [0.15, 0.2) is 42.5 Å². The maximum atomic E-state index is 13.0. The van der Waals surface area contributed by atoms with E-state index in [2.05, 4.69) is 22.9 Å². The van der Waals surface area contributed by atoms with Crippen LogP contribution in [0.5, 0.6) is 0 Å². The highest BCUT2D eigenvalue weighted by molar-refractivity contribution is 7.22. The van der Waals surface area contributed by atoms with Crippen molar-refractivity contribution < 1.29 is 14.6 Å². The molecule has 230 valence electrons. The van der Waals surface area contributed by atoms with Crippen LogP contribution in [-0.2, 0) is 28.0 Å². The number of hydrogen-bond acceptors (Lipinski definition) is 9. The van der Waals surface area contributed by atoms with Gasteiger partial charge < -0.3 is 9.80 Å². The van der Waals surface area contributed by atoms with Gasteiger partial charge in [-0.05, 0) is 81.3 Å². The van der Waals surface area contributed by atoms with E-state index < -0.39 is 11.6 Å². The second kappa shape index (κ2) is 12.1. The molecule has 9 nitrogen and oxygen atoms in total. The number of benzene rings is 2. The topological polar surface area (TPSA) is 85.6 Å². The van der Waals surface area contributed by atoms with Gasteiger partial charge in [-0.3, -0.25) is 9.57 Å². The second-order valence-electron chi connectivity index (χ2n) is 12.1. The Kier molecular flexibility index (Phi) is 8.36. The fourth-order valence-electron chi connectivity index (χ4n) is 5.36. The van der Waals surface area contributed by atoms with Crippen LogP contribution in [-0.4, -0.2) is 69.4 Å². The molecule has 0 spiro atoms. The predicted molar refractivity (Wildman–Crippen MR) is 177 cm³/mol. The lowest BCUT2D eigenvalue weighted by atomic mass is 9.93. The maximum Gasteiger partial charge on any atom is 0.346 e. The third-order valence-electron chi connectivity index (χ3n) is 8.38. The Morgan fingerprint density at radius 1 is 1.05 bits per heavy atom. The molecule has 1 saturated heterocycles. The van der Waals surface area contributed by atoms with E-state index in [9.17, 15) is 4.79 Å². The number of anilines is 1. The van der Waals surface area contributed by atoms with Crippen molar-refractivity contribution in [2.45, 2.75) is 46.1 Å². The van der Waals surface area contributed by atoms with E-state index in [4.69, 9.17) is 36.4 Å². The Morgan fingerprint density at radius 2 is 1.77 bits per heavy atom. The minimum atomic E-state index is -0.563. The highest BCUT2D eigenvalue weighted by atomic mass is 35.5. The van der Waals surface area contributed by atoms with Crippen molar-refractivity contribution in [1.82, 2.24) is 24.6 Å². The van der Waals surface area contributed by atoms with Crippen molar-refractivity contribution in [3.05, 3.63) is 58.6 Å². The van der Waals surface area contributed by atoms with Crippen LogP contribution < -0.4 is 4.90 Å². The number of fused-ring (bicyclic) bond motifs is 2. The van der Waals surface area contributed by atoms with E-state index in [1.54, 1.807) is 11.3 Å². The number of thiazole rings is 1. The second-order valence-corrected chi connectivity index (χ2v) is 13.5. The third-order valence-corrected chi connectivity index (χ3v) is 9.74. The molecule has 3 aromatic heterocycles. The van der Waals surface area contributed by atoms with Gasteiger partial charge in [0.05, 0.1) is 27.8 Å². The molecular weight excluding hydrogens is 596 g/mol. The molecule has 5 aromatic rings. The number of nitrogens with zero attached hydrogens (tertiary/aromatic N) is 6. The third kappa shape index (κ3) is 6.04. The zero-order chi connectivity index (χ0) is 31.2. The van der Waals surface area contributed by atoms with Gasteiger partial charge in [0, 0.05) is 43.8 Å². The van der Waals surface area contributed by atoms with E-state index in [0.29, 0.717) is 11.4 Å². The molecule has 0 radical (unpaired) electrons. The van der Waals surface area contributed by atoms with Gasteiger partial charge in [-0.15, -0.1) is 11.3 Å². The summed E-state index contributed by atoms with van der Waals surface area (Å²) in [6.45, 7) is 11.6. The average molecular weight is 633 g/mol. The Hall–Kier alpha value is -3.57. The van der Waals surface area contributed by atoms with Crippen molar-refractivity contribution in [3.63, 3.8) is 0 Å². The lowest BCUT2D eigenvalue weighted by molar-refractivity contribution is -0.325. The molecule has 0 bridgehead atoms. The zero-order valence-electron chi connectivity index (χ0n) is 26.0. The minimum Gasteiger partial charge on any atom is -0.351 e. The molecule has 44 heavy (non-hydrogen) atoms. The summed E-state index contributed by atoms with van der Waals surface area (Å²) in [6.07, 6.45) is 0.766. The number of rotatable bonds is 8. The van der Waals surface area contributed by atoms with Crippen molar-refractivity contribution in [3.8, 4) is 21.8 Å². The van der Waals surface area contributed by atoms with Crippen molar-refractivity contribution >= 4 is 56.0 Å². The van der Waals surface area contributed by atoms with Crippen LogP contribution in [0.3, 0.4) is 0 Å². The van der Waals surface area contributed by atoms with Gasteiger partial charge in [0.25, 0.3) is 0 Å². The summed E-state index contributed by atoms with van der Waals surface area (Å²) in [4.78, 5) is 38.6. The smallest absolute Gasteiger partial charge is 0.346 e. The van der Waals surface area contributed by atoms with Gasteiger partial charge in [-0.25, -0.2) is 14.8 Å². The van der Waals surface area contributed by atoms with Gasteiger partial charge in [-0.2, -0.15) is 9.99 Å². The van der Waals surface area contributed by atoms with E-state index >= 15 is 0 Å². The van der Waals surface area contributed by atoms with Gasteiger partial charge in [0.1, 0.15) is 16.1 Å². The Balaban J connectivity index is 1.43. The van der Waals surface area contributed by atoms with Crippen LogP contribution in [0.2, 0.25) is 5.02 Å². The molecule has 0 atom stereocenters. The van der Waals surface area contributed by atoms with Gasteiger partial charge >= 0.3 is 5.97 Å². The Labute approximate surface area is 266 Å². The minimum absolute atomic E-state index is 0.0566. The van der Waals surface area contributed by atoms with Crippen molar-refractivity contribution in [2.75, 3.05) is 38.1 Å². The molecule has 1 fully saturated rings. The number of carbonyl (C=O) groups excluding carboxylic acids is 1. The van der Waals surface area contributed by atoms with Crippen molar-refractivity contribution in [1.29, 1.82) is 0 Å². The number of aromatic nitrogens is 4. The number of pyridine rings is 1. The molecule has 0 amide bonds. The lowest BCUT2D eigenvalue weighted by Gasteiger charge is -2.32. The van der Waals surface area contributed by atoms with Crippen LogP contribution in [0, 0.1) is 6.92 Å². The Bertz CT molecular complexity index is 1840. The molecule has 2 aromatic carbocycles. The number of likely N-dealkylation sites (N-methyl/N-ethyl adjacent to an activating group) is 1. The standard InChI is InChI=1S/C33H37ClN6O3S/c1-7-33(3,4)43-42-27(41)19-23-20(2)18-25-30(28(23)21-8-10-22(34)11-9-21)44-32(36-25)24-12-13-26-29(35-24)31(37-39(26)6)40-16-14-38(5)15-17-40/h8-13,18H,7,14-17,19H2,1-6H3. The normalized spacial score (nSPS) is 14.6. The molecule has 1 aliphatic rings. The molecule has 4 heterocycles. The molecule has 1 aliphatic heterocycles. The molecule has 0 aliphatic carbocycles. The first-order chi connectivity index (χ1) is 21.0. The fourth-order valence-corrected chi connectivity index (χ4v) is 6.59. The number of aryl methyl sites for hydroxylation is 2. The number of piperazine rings is 1. The number of carbonyl (C=O) groups is 1. The van der Waals surface area contributed by atoms with Crippen LogP contribution >= 0.6 is 22.9 Å². The summed E-state index contributed by atoms with van der Waals surface area (Å²) < 4.78 is 2.87. The first-order valence-electron chi connectivity index (χ1n) is 14.9. The zero-order valence-corrected chi connectivity index (χ0v) is 27.6. The molecule has 0 N–H and O–H groups in total. The monoisotopic (exact) mass is 632 g/mol. The summed E-state index contributed by atoms with van der Waals surface area (Å²) >= 11 is 7.83. The van der Waals surface area contributed by atoms with Crippen LogP contribution in [0.25, 0.3) is 43.1 Å². The quantitative estimate of drug-likeness (QED) is 0.136. The largest absolute Gasteiger partial charge is 0.351 e. The molecule has 0 saturated carbocycles. The first-order valence-corrected chi connectivity index (χ1v) is 16.1. The predicted octanol–water partition coefficient (Wildman–Crippen LogP) is 6.83. The first kappa shape index (κ1) is 30.5. The number of hydrogen-bond donors (Lipinski definition) is 0. The van der Waals surface area contributed by atoms with Crippen LogP contribution in [0.1, 0.15) is 38.3 Å². The van der Waals surface area contributed by atoms with Gasteiger partial charge in [0.15, 0.2) is 5.82 Å². The van der Waals surface area contributed by atoms with E-state index in [0.717, 1.165) is 86.2 Å². The summed E-state index contributed by atoms with van der Waals surface area (Å²) in [6, 6.07) is 13.8. The fraction of sp³-hybridized carbons (Fsp3) is 0.394.